The third-order valence-electron chi connectivity index (χ3n) is 2.66. The quantitative estimate of drug-likeness (QED) is 0.583. The summed E-state index contributed by atoms with van der Waals surface area (Å²) in [5.41, 5.74) is 1.32. The number of rotatable bonds is 6. The maximum atomic E-state index is 8.65. The molecule has 0 amide bonds. The van der Waals surface area contributed by atoms with E-state index in [0.29, 0.717) is 0 Å². The molecule has 0 radical (unpaired) electrons. The van der Waals surface area contributed by atoms with Crippen molar-refractivity contribution in [3.05, 3.63) is 29.8 Å². The van der Waals surface area contributed by atoms with Gasteiger partial charge in [-0.25, -0.2) is 0 Å². The normalized spacial score (nSPS) is 11.8. The van der Waals surface area contributed by atoms with Gasteiger partial charge >= 0.3 is 0 Å². The van der Waals surface area contributed by atoms with Gasteiger partial charge in [0.05, 0.1) is 8.07 Å². The molecule has 0 aromatic heterocycles. The fourth-order valence-electron chi connectivity index (χ4n) is 1.56. The second-order valence-electron chi connectivity index (χ2n) is 5.20. The van der Waals surface area contributed by atoms with Crippen molar-refractivity contribution in [1.29, 1.82) is 0 Å². The zero-order valence-corrected chi connectivity index (χ0v) is 11.6. The van der Waals surface area contributed by atoms with Crippen LogP contribution >= 0.6 is 0 Å². The first-order chi connectivity index (χ1) is 7.54. The van der Waals surface area contributed by atoms with Crippen molar-refractivity contribution >= 4 is 13.3 Å². The molecule has 90 valence electrons. The first-order valence-electron chi connectivity index (χ1n) is 5.95. The number of nitrogens with one attached hydrogen (secondary N) is 1. The SMILES string of the molecule is C[Si](C)(C)c1ccc(CNCCCO)cc1. The van der Waals surface area contributed by atoms with Crippen molar-refractivity contribution < 1.29 is 5.11 Å². The second kappa shape index (κ2) is 6.18. The Labute approximate surface area is 99.7 Å². The van der Waals surface area contributed by atoms with Crippen LogP contribution in [0.5, 0.6) is 0 Å². The molecule has 0 aliphatic heterocycles. The number of aliphatic hydroxyl groups excluding tert-OH is 1. The zero-order valence-electron chi connectivity index (χ0n) is 10.6. The van der Waals surface area contributed by atoms with Crippen LogP contribution in [0.3, 0.4) is 0 Å². The van der Waals surface area contributed by atoms with E-state index >= 15 is 0 Å². The summed E-state index contributed by atoms with van der Waals surface area (Å²) in [6, 6.07) is 8.93. The highest BCUT2D eigenvalue weighted by atomic mass is 28.3. The largest absolute Gasteiger partial charge is 0.396 e. The van der Waals surface area contributed by atoms with Crippen LogP contribution in [0.2, 0.25) is 19.6 Å². The maximum Gasteiger partial charge on any atom is 0.0775 e. The molecule has 0 aliphatic carbocycles. The molecule has 1 aromatic rings. The summed E-state index contributed by atoms with van der Waals surface area (Å²) in [7, 11) is -1.15. The van der Waals surface area contributed by atoms with Gasteiger partial charge in [0.15, 0.2) is 0 Å². The van der Waals surface area contributed by atoms with E-state index < -0.39 is 8.07 Å². The maximum absolute atomic E-state index is 8.65. The summed E-state index contributed by atoms with van der Waals surface area (Å²) in [5.74, 6) is 0. The Morgan fingerprint density at radius 2 is 1.75 bits per heavy atom. The Balaban J connectivity index is 2.46. The van der Waals surface area contributed by atoms with Gasteiger partial charge in [0.25, 0.3) is 0 Å². The van der Waals surface area contributed by atoms with E-state index in [-0.39, 0.29) is 6.61 Å². The lowest BCUT2D eigenvalue weighted by atomic mass is 10.2. The van der Waals surface area contributed by atoms with Gasteiger partial charge in [0.1, 0.15) is 0 Å². The van der Waals surface area contributed by atoms with Gasteiger partial charge in [0.2, 0.25) is 0 Å². The van der Waals surface area contributed by atoms with Gasteiger partial charge in [-0.15, -0.1) is 0 Å². The molecule has 0 saturated heterocycles. The minimum Gasteiger partial charge on any atom is -0.396 e. The van der Waals surface area contributed by atoms with Crippen LogP contribution in [0.4, 0.5) is 0 Å². The van der Waals surface area contributed by atoms with Gasteiger partial charge in [-0.3, -0.25) is 0 Å². The Morgan fingerprint density at radius 1 is 1.12 bits per heavy atom. The smallest absolute Gasteiger partial charge is 0.0775 e. The summed E-state index contributed by atoms with van der Waals surface area (Å²) in [6.45, 7) is 9.13. The predicted octanol–water partition coefficient (Wildman–Crippen LogP) is 1.70. The van der Waals surface area contributed by atoms with Crippen LogP contribution in [0.15, 0.2) is 24.3 Å². The lowest BCUT2D eigenvalue weighted by molar-refractivity contribution is 0.286. The summed E-state index contributed by atoms with van der Waals surface area (Å²) in [5, 5.41) is 13.5. The molecule has 0 fully saturated rings. The minimum absolute atomic E-state index is 0.265. The molecule has 1 aromatic carbocycles. The van der Waals surface area contributed by atoms with Crippen LogP contribution in [0, 0.1) is 0 Å². The molecule has 0 saturated carbocycles. The standard InChI is InChI=1S/C13H23NOSi/c1-16(2,3)13-7-5-12(6-8-13)11-14-9-4-10-15/h5-8,14-15H,4,9-11H2,1-3H3. The van der Waals surface area contributed by atoms with E-state index in [1.54, 1.807) is 0 Å². The van der Waals surface area contributed by atoms with Gasteiger partial charge in [-0.2, -0.15) is 0 Å². The monoisotopic (exact) mass is 237 g/mol. The molecule has 0 atom stereocenters. The van der Waals surface area contributed by atoms with Crippen molar-refractivity contribution in [3.8, 4) is 0 Å². The van der Waals surface area contributed by atoms with Crippen molar-refractivity contribution in [1.82, 2.24) is 5.32 Å². The fraction of sp³-hybridized carbons (Fsp3) is 0.538. The van der Waals surface area contributed by atoms with E-state index in [4.69, 9.17) is 5.11 Å². The Morgan fingerprint density at radius 3 is 2.25 bits per heavy atom. The van der Waals surface area contributed by atoms with Gasteiger partial charge < -0.3 is 10.4 Å². The third kappa shape index (κ3) is 4.47. The van der Waals surface area contributed by atoms with Crippen LogP contribution in [0.25, 0.3) is 0 Å². The molecule has 0 bridgehead atoms. The van der Waals surface area contributed by atoms with E-state index in [1.165, 1.54) is 10.8 Å². The molecular weight excluding hydrogens is 214 g/mol. The van der Waals surface area contributed by atoms with Gasteiger partial charge in [-0.1, -0.05) is 49.1 Å². The average molecular weight is 237 g/mol. The fourth-order valence-corrected chi connectivity index (χ4v) is 2.73. The lowest BCUT2D eigenvalue weighted by Crippen LogP contribution is -2.37. The molecule has 0 unspecified atom stereocenters. The summed E-state index contributed by atoms with van der Waals surface area (Å²) in [4.78, 5) is 0. The van der Waals surface area contributed by atoms with Crippen molar-refractivity contribution in [3.63, 3.8) is 0 Å². The molecule has 0 heterocycles. The Kier molecular flexibility index (Phi) is 5.18. The number of benzene rings is 1. The molecule has 0 spiro atoms. The Hall–Kier alpha value is -0.643. The first kappa shape index (κ1) is 13.4. The molecule has 0 aliphatic rings. The number of hydrogen-bond donors (Lipinski definition) is 2. The highest BCUT2D eigenvalue weighted by Crippen LogP contribution is 2.04. The number of aliphatic hydroxyl groups is 1. The lowest BCUT2D eigenvalue weighted by Gasteiger charge is -2.16. The predicted molar refractivity (Wildman–Crippen MR) is 72.8 cm³/mol. The minimum atomic E-state index is -1.15. The third-order valence-corrected chi connectivity index (χ3v) is 4.73. The van der Waals surface area contributed by atoms with E-state index in [2.05, 4.69) is 49.2 Å². The van der Waals surface area contributed by atoms with E-state index in [9.17, 15) is 0 Å². The van der Waals surface area contributed by atoms with E-state index in [0.717, 1.165) is 19.5 Å². The van der Waals surface area contributed by atoms with Gasteiger partial charge in [-0.05, 0) is 18.5 Å². The van der Waals surface area contributed by atoms with Crippen LogP contribution in [0.1, 0.15) is 12.0 Å². The highest BCUT2D eigenvalue weighted by molar-refractivity contribution is 6.88. The summed E-state index contributed by atoms with van der Waals surface area (Å²) >= 11 is 0. The molecule has 16 heavy (non-hydrogen) atoms. The molecule has 2 nitrogen and oxygen atoms in total. The van der Waals surface area contributed by atoms with Crippen molar-refractivity contribution in [2.24, 2.45) is 0 Å². The van der Waals surface area contributed by atoms with Crippen LogP contribution < -0.4 is 10.5 Å². The average Bonchev–Trinajstić information content (AvgIpc) is 2.24. The molecule has 1 rings (SSSR count). The Bertz CT molecular complexity index is 303. The van der Waals surface area contributed by atoms with Gasteiger partial charge in [0, 0.05) is 13.2 Å². The molecule has 2 N–H and O–H groups in total. The zero-order chi connectivity index (χ0) is 12.0. The van der Waals surface area contributed by atoms with Crippen molar-refractivity contribution in [2.75, 3.05) is 13.2 Å². The molecule has 3 heteroatoms. The summed E-state index contributed by atoms with van der Waals surface area (Å²) in [6.07, 6.45) is 0.826. The topological polar surface area (TPSA) is 32.3 Å². The number of hydrogen-bond acceptors (Lipinski definition) is 2. The van der Waals surface area contributed by atoms with Crippen LogP contribution in [-0.2, 0) is 6.54 Å². The first-order valence-corrected chi connectivity index (χ1v) is 9.45. The van der Waals surface area contributed by atoms with Crippen molar-refractivity contribution in [2.45, 2.75) is 32.6 Å². The summed E-state index contributed by atoms with van der Waals surface area (Å²) < 4.78 is 0. The van der Waals surface area contributed by atoms with E-state index in [1.807, 2.05) is 0 Å². The highest BCUT2D eigenvalue weighted by Gasteiger charge is 2.15. The second-order valence-corrected chi connectivity index (χ2v) is 10.3. The molecular formula is C13H23NOSi. The van der Waals surface area contributed by atoms with Crippen LogP contribution in [-0.4, -0.2) is 26.3 Å².